The number of benzene rings is 2. The number of carboxylic acids is 2. The van der Waals surface area contributed by atoms with Gasteiger partial charge in [0.1, 0.15) is 36.9 Å². The molecule has 0 aromatic heterocycles. The van der Waals surface area contributed by atoms with Gasteiger partial charge in [-0.2, -0.15) is 0 Å². The third kappa shape index (κ3) is 23.2. The van der Waals surface area contributed by atoms with Gasteiger partial charge >= 0.3 is 11.9 Å². The van der Waals surface area contributed by atoms with Crippen molar-refractivity contribution in [3.05, 3.63) is 58.7 Å². The van der Waals surface area contributed by atoms with Crippen LogP contribution in [0.2, 0.25) is 0 Å². The first kappa shape index (κ1) is 52.0. The Kier molecular flexibility index (Phi) is 27.2. The second-order valence-electron chi connectivity index (χ2n) is 13.5. The Morgan fingerprint density at radius 2 is 0.946 bits per heavy atom. The van der Waals surface area contributed by atoms with Crippen LogP contribution in [0.5, 0.6) is 11.5 Å². The van der Waals surface area contributed by atoms with Gasteiger partial charge in [0.15, 0.2) is 23.8 Å². The molecule has 2 aromatic carbocycles. The molecule has 0 heterocycles. The summed E-state index contributed by atoms with van der Waals surface area (Å²) in [6, 6.07) is 11.2. The van der Waals surface area contributed by atoms with Gasteiger partial charge in [0.2, 0.25) is 0 Å². The van der Waals surface area contributed by atoms with Crippen LogP contribution in [0, 0.1) is 0 Å². The van der Waals surface area contributed by atoms with Gasteiger partial charge in [-0.1, -0.05) is 41.5 Å². The van der Waals surface area contributed by atoms with Crippen molar-refractivity contribution in [2.75, 3.05) is 39.5 Å². The van der Waals surface area contributed by atoms with Crippen LogP contribution >= 0.6 is 0 Å². The number of ketones is 2. The highest BCUT2D eigenvalue weighted by Gasteiger charge is 2.29. The topological polar surface area (TPSA) is 251 Å². The molecule has 2 rings (SSSR count). The van der Waals surface area contributed by atoms with E-state index in [1.54, 1.807) is 36.4 Å². The van der Waals surface area contributed by atoms with Gasteiger partial charge < -0.3 is 60.2 Å². The van der Waals surface area contributed by atoms with Crippen LogP contribution in [0.1, 0.15) is 100 Å². The van der Waals surface area contributed by atoms with Crippen LogP contribution < -0.4 is 20.1 Å². The third-order valence-electron chi connectivity index (χ3n) is 7.34. The second kappa shape index (κ2) is 29.3. The number of aliphatic hydroxyl groups excluding tert-OH is 4. The Hall–Kier alpha value is -4.00. The highest BCUT2D eigenvalue weighted by molar-refractivity contribution is 5.95. The first-order valence-electron chi connectivity index (χ1n) is 18.7. The Morgan fingerprint density at radius 3 is 1.21 bits per heavy atom. The second-order valence-corrected chi connectivity index (χ2v) is 13.5. The van der Waals surface area contributed by atoms with E-state index in [2.05, 4.69) is 10.6 Å². The molecular formula is C40H64N2O14. The number of hydrogen-bond donors (Lipinski definition) is 8. The summed E-state index contributed by atoms with van der Waals surface area (Å²) < 4.78 is 22.6. The zero-order valence-corrected chi connectivity index (χ0v) is 33.9. The molecule has 2 aromatic rings. The van der Waals surface area contributed by atoms with Gasteiger partial charge in [-0.05, 0) is 63.1 Å². The SMILES string of the molecule is CCCOCc1cc(C(C)=O)ccc1OCC(O)CNC(C)C.CCCOCc1cc(C(C)=O)ccc1OCC(O)CNC(C)C.O=C(O)C(O)C(O)C(=O)O. The van der Waals surface area contributed by atoms with Crippen molar-refractivity contribution in [3.8, 4) is 11.5 Å². The van der Waals surface area contributed by atoms with Crippen molar-refractivity contribution >= 4 is 23.5 Å². The molecule has 0 saturated heterocycles. The summed E-state index contributed by atoms with van der Waals surface area (Å²) in [6.07, 6.45) is -3.84. The molecule has 16 nitrogen and oxygen atoms in total. The number of ether oxygens (including phenoxy) is 4. The molecule has 0 aliphatic heterocycles. The number of hydrogen-bond acceptors (Lipinski definition) is 14. The van der Waals surface area contributed by atoms with Crippen LogP contribution in [0.15, 0.2) is 36.4 Å². The minimum Gasteiger partial charge on any atom is -0.490 e. The number of carbonyl (C=O) groups is 4. The Labute approximate surface area is 330 Å². The number of rotatable bonds is 25. The molecule has 0 aliphatic carbocycles. The van der Waals surface area contributed by atoms with Crippen LogP contribution in [0.4, 0.5) is 0 Å². The van der Waals surface area contributed by atoms with E-state index >= 15 is 0 Å². The highest BCUT2D eigenvalue weighted by atomic mass is 16.5. The average molecular weight is 797 g/mol. The van der Waals surface area contributed by atoms with Crippen molar-refractivity contribution < 1.29 is 68.8 Å². The molecular weight excluding hydrogens is 732 g/mol. The molecule has 0 fully saturated rings. The fourth-order valence-electron chi connectivity index (χ4n) is 4.26. The number of aliphatic hydroxyl groups is 4. The maximum atomic E-state index is 11.5. The van der Waals surface area contributed by atoms with E-state index in [-0.39, 0.29) is 24.8 Å². The molecule has 56 heavy (non-hydrogen) atoms. The molecule has 0 bridgehead atoms. The Morgan fingerprint density at radius 1 is 0.607 bits per heavy atom. The van der Waals surface area contributed by atoms with Gasteiger partial charge in [-0.3, -0.25) is 9.59 Å². The lowest BCUT2D eigenvalue weighted by Gasteiger charge is -2.17. The molecule has 0 radical (unpaired) electrons. The Bertz CT molecular complexity index is 1340. The fraction of sp³-hybridized carbons (Fsp3) is 0.600. The smallest absolute Gasteiger partial charge is 0.335 e. The van der Waals surface area contributed by atoms with Crippen LogP contribution in [-0.2, 0) is 32.3 Å². The fourth-order valence-corrected chi connectivity index (χ4v) is 4.26. The lowest BCUT2D eigenvalue weighted by molar-refractivity contribution is -0.165. The van der Waals surface area contributed by atoms with E-state index < -0.39 is 36.4 Å². The summed E-state index contributed by atoms with van der Waals surface area (Å²) in [7, 11) is 0. The van der Waals surface area contributed by atoms with E-state index in [1.807, 2.05) is 41.5 Å². The van der Waals surface area contributed by atoms with Crippen LogP contribution in [0.25, 0.3) is 0 Å². The van der Waals surface area contributed by atoms with E-state index in [9.17, 15) is 29.4 Å². The number of carboxylic acid groups (broad SMARTS) is 2. The quantitative estimate of drug-likeness (QED) is 0.0531. The van der Waals surface area contributed by atoms with Crippen molar-refractivity contribution in [1.82, 2.24) is 10.6 Å². The molecule has 0 amide bonds. The largest absolute Gasteiger partial charge is 0.490 e. The predicted octanol–water partition coefficient (Wildman–Crippen LogP) is 2.98. The van der Waals surface area contributed by atoms with Crippen LogP contribution in [-0.4, -0.2) is 130 Å². The average Bonchev–Trinajstić information content (AvgIpc) is 3.14. The lowest BCUT2D eigenvalue weighted by Crippen LogP contribution is -2.39. The monoisotopic (exact) mass is 796 g/mol. The standard InChI is InChI=1S/2C18H29NO4.C4H6O6/c2*1-5-8-22-11-16-9-15(14(4)20)6-7-18(16)23-12-17(21)10-19-13(2)3;5-1(3(7)8)2(6)4(9)10/h2*6-7,9,13,17,19,21H,5,8,10-12H2,1-4H3;1-2,5-6H,(H,7,8)(H,9,10). The first-order chi connectivity index (χ1) is 26.3. The maximum absolute atomic E-state index is 11.5. The zero-order chi connectivity index (χ0) is 42.8. The minimum absolute atomic E-state index is 0.00876. The van der Waals surface area contributed by atoms with E-state index in [0.717, 1.165) is 24.0 Å². The molecule has 4 atom stereocenters. The van der Waals surface area contributed by atoms with E-state index in [1.165, 1.54) is 13.8 Å². The number of carbonyl (C=O) groups excluding carboxylic acids is 2. The number of Topliss-reactive ketones (excluding diaryl/α,β-unsaturated/α-hetero) is 2. The third-order valence-corrected chi connectivity index (χ3v) is 7.34. The van der Waals surface area contributed by atoms with Crippen molar-refractivity contribution in [2.45, 2.75) is 118 Å². The van der Waals surface area contributed by atoms with Crippen LogP contribution in [0.3, 0.4) is 0 Å². The number of aliphatic carboxylic acids is 2. The first-order valence-corrected chi connectivity index (χ1v) is 18.7. The lowest BCUT2D eigenvalue weighted by atomic mass is 10.1. The van der Waals surface area contributed by atoms with Gasteiger partial charge in [0.05, 0.1) is 13.2 Å². The van der Waals surface area contributed by atoms with Gasteiger partial charge in [-0.25, -0.2) is 9.59 Å². The van der Waals surface area contributed by atoms with Gasteiger partial charge in [-0.15, -0.1) is 0 Å². The molecule has 0 spiro atoms. The van der Waals surface area contributed by atoms with Gasteiger partial charge in [0.25, 0.3) is 0 Å². The predicted molar refractivity (Wildman–Crippen MR) is 209 cm³/mol. The minimum atomic E-state index is -2.27. The van der Waals surface area contributed by atoms with E-state index in [0.29, 0.717) is 74.2 Å². The molecule has 16 heteroatoms. The Balaban J connectivity index is 0.000000874. The summed E-state index contributed by atoms with van der Waals surface area (Å²) in [5.41, 5.74) is 2.93. The molecule has 318 valence electrons. The summed E-state index contributed by atoms with van der Waals surface area (Å²) in [4.78, 5) is 42.6. The summed E-state index contributed by atoms with van der Waals surface area (Å²) in [5.74, 6) is -2.22. The normalized spacial score (nSPS) is 13.0. The summed E-state index contributed by atoms with van der Waals surface area (Å²) in [6.45, 7) is 18.7. The zero-order valence-electron chi connectivity index (χ0n) is 33.9. The van der Waals surface area contributed by atoms with Crippen molar-refractivity contribution in [2.24, 2.45) is 0 Å². The number of nitrogens with one attached hydrogen (secondary N) is 2. The molecule has 4 unspecified atom stereocenters. The summed E-state index contributed by atoms with van der Waals surface area (Å²) >= 11 is 0. The highest BCUT2D eigenvalue weighted by Crippen LogP contribution is 2.23. The van der Waals surface area contributed by atoms with Gasteiger partial charge in [0, 0.05) is 60.6 Å². The molecule has 8 N–H and O–H groups in total. The summed E-state index contributed by atoms with van der Waals surface area (Å²) in [5, 5.41) is 58.7. The van der Waals surface area contributed by atoms with Crippen molar-refractivity contribution in [3.63, 3.8) is 0 Å². The molecule has 0 aliphatic rings. The van der Waals surface area contributed by atoms with E-state index in [4.69, 9.17) is 39.4 Å². The maximum Gasteiger partial charge on any atom is 0.335 e. The van der Waals surface area contributed by atoms with Crippen molar-refractivity contribution in [1.29, 1.82) is 0 Å². The molecule has 0 saturated carbocycles.